The van der Waals surface area contributed by atoms with Gasteiger partial charge in [-0.2, -0.15) is 0 Å². The van der Waals surface area contributed by atoms with E-state index < -0.39 is 0 Å². The SMILES string of the molecule is COCc1cc(N2CCC(Cc3nncn3C)CC2)ncn1. The molecule has 7 nitrogen and oxygen atoms in total. The molecule has 0 spiro atoms. The van der Waals surface area contributed by atoms with Gasteiger partial charge in [0.25, 0.3) is 0 Å². The molecule has 0 atom stereocenters. The molecule has 1 aliphatic heterocycles. The van der Waals surface area contributed by atoms with Gasteiger partial charge >= 0.3 is 0 Å². The molecule has 1 fully saturated rings. The lowest BCUT2D eigenvalue weighted by molar-refractivity contribution is 0.181. The molecule has 0 aliphatic carbocycles. The molecule has 22 heavy (non-hydrogen) atoms. The Kier molecular flexibility index (Phi) is 4.62. The molecular weight excluding hydrogens is 280 g/mol. The van der Waals surface area contributed by atoms with Gasteiger partial charge in [0.05, 0.1) is 12.3 Å². The van der Waals surface area contributed by atoms with E-state index in [0.717, 1.165) is 49.7 Å². The number of piperidine rings is 1. The van der Waals surface area contributed by atoms with Crippen LogP contribution in [0.3, 0.4) is 0 Å². The molecule has 0 amide bonds. The van der Waals surface area contributed by atoms with Gasteiger partial charge in [0, 0.05) is 39.7 Å². The number of anilines is 1. The molecule has 0 saturated carbocycles. The van der Waals surface area contributed by atoms with Crippen molar-refractivity contribution >= 4 is 5.82 Å². The van der Waals surface area contributed by atoms with E-state index in [9.17, 15) is 0 Å². The fraction of sp³-hybridized carbons (Fsp3) is 0.600. The minimum atomic E-state index is 0.526. The largest absolute Gasteiger partial charge is 0.378 e. The molecule has 3 heterocycles. The van der Waals surface area contributed by atoms with Crippen molar-refractivity contribution in [1.82, 2.24) is 24.7 Å². The average molecular weight is 302 g/mol. The van der Waals surface area contributed by atoms with Crippen LogP contribution < -0.4 is 4.90 Å². The van der Waals surface area contributed by atoms with Crippen LogP contribution in [0.15, 0.2) is 18.7 Å². The van der Waals surface area contributed by atoms with Gasteiger partial charge in [-0.15, -0.1) is 10.2 Å². The second kappa shape index (κ2) is 6.83. The van der Waals surface area contributed by atoms with E-state index in [2.05, 4.69) is 25.1 Å². The highest BCUT2D eigenvalue weighted by Gasteiger charge is 2.22. The lowest BCUT2D eigenvalue weighted by Gasteiger charge is -2.32. The zero-order chi connectivity index (χ0) is 15.4. The van der Waals surface area contributed by atoms with Crippen LogP contribution in [0.2, 0.25) is 0 Å². The molecular formula is C15H22N6O. The first-order valence-corrected chi connectivity index (χ1v) is 7.64. The summed E-state index contributed by atoms with van der Waals surface area (Å²) in [6.45, 7) is 2.57. The molecule has 1 aliphatic rings. The Bertz CT molecular complexity index is 606. The van der Waals surface area contributed by atoms with Crippen LogP contribution in [0, 0.1) is 5.92 Å². The number of ether oxygens (including phenoxy) is 1. The molecule has 2 aromatic rings. The van der Waals surface area contributed by atoms with Crippen LogP contribution in [0.25, 0.3) is 0 Å². The highest BCUT2D eigenvalue weighted by Crippen LogP contribution is 2.24. The van der Waals surface area contributed by atoms with Gasteiger partial charge in [-0.05, 0) is 18.8 Å². The maximum Gasteiger partial charge on any atom is 0.132 e. The van der Waals surface area contributed by atoms with E-state index in [4.69, 9.17) is 4.74 Å². The van der Waals surface area contributed by atoms with E-state index in [1.165, 1.54) is 0 Å². The average Bonchev–Trinajstić information content (AvgIpc) is 2.94. The summed E-state index contributed by atoms with van der Waals surface area (Å²) in [6.07, 6.45) is 6.69. The third-order valence-electron chi connectivity index (χ3n) is 4.22. The first-order chi connectivity index (χ1) is 10.8. The Hall–Kier alpha value is -2.02. The maximum absolute atomic E-state index is 5.13. The van der Waals surface area contributed by atoms with Crippen molar-refractivity contribution in [3.63, 3.8) is 0 Å². The number of nitrogens with zero attached hydrogens (tertiary/aromatic N) is 6. The third kappa shape index (κ3) is 3.41. The van der Waals surface area contributed by atoms with Crippen LogP contribution in [0.4, 0.5) is 5.82 Å². The number of methoxy groups -OCH3 is 1. The predicted octanol–water partition coefficient (Wildman–Crippen LogP) is 1.21. The van der Waals surface area contributed by atoms with Gasteiger partial charge in [-0.3, -0.25) is 0 Å². The highest BCUT2D eigenvalue weighted by atomic mass is 16.5. The summed E-state index contributed by atoms with van der Waals surface area (Å²) < 4.78 is 7.14. The monoisotopic (exact) mass is 302 g/mol. The molecule has 0 bridgehead atoms. The lowest BCUT2D eigenvalue weighted by Crippen LogP contribution is -2.35. The van der Waals surface area contributed by atoms with E-state index in [1.54, 1.807) is 19.8 Å². The van der Waals surface area contributed by atoms with Crippen molar-refractivity contribution in [3.8, 4) is 0 Å². The van der Waals surface area contributed by atoms with Crippen molar-refractivity contribution in [1.29, 1.82) is 0 Å². The summed E-state index contributed by atoms with van der Waals surface area (Å²) in [6, 6.07) is 2.02. The first-order valence-electron chi connectivity index (χ1n) is 7.64. The summed E-state index contributed by atoms with van der Waals surface area (Å²) in [5.74, 6) is 2.74. The smallest absolute Gasteiger partial charge is 0.132 e. The fourth-order valence-electron chi connectivity index (χ4n) is 2.90. The summed E-state index contributed by atoms with van der Waals surface area (Å²) in [4.78, 5) is 10.9. The number of aromatic nitrogens is 5. The van der Waals surface area contributed by atoms with E-state index in [1.807, 2.05) is 17.7 Å². The Balaban J connectivity index is 1.57. The highest BCUT2D eigenvalue weighted by molar-refractivity contribution is 5.39. The van der Waals surface area contributed by atoms with Gasteiger partial charge in [-0.25, -0.2) is 9.97 Å². The number of hydrogen-bond acceptors (Lipinski definition) is 6. The van der Waals surface area contributed by atoms with Crippen LogP contribution in [-0.4, -0.2) is 44.9 Å². The van der Waals surface area contributed by atoms with Gasteiger partial charge in [0.1, 0.15) is 24.3 Å². The van der Waals surface area contributed by atoms with Crippen molar-refractivity contribution in [2.24, 2.45) is 13.0 Å². The number of aryl methyl sites for hydroxylation is 1. The Labute approximate surface area is 130 Å². The Morgan fingerprint density at radius 1 is 1.27 bits per heavy atom. The molecule has 2 aromatic heterocycles. The number of rotatable bonds is 5. The zero-order valence-corrected chi connectivity index (χ0v) is 13.1. The van der Waals surface area contributed by atoms with Gasteiger partial charge in [0.15, 0.2) is 0 Å². The third-order valence-corrected chi connectivity index (χ3v) is 4.22. The normalized spacial score (nSPS) is 16.2. The zero-order valence-electron chi connectivity index (χ0n) is 13.1. The minimum Gasteiger partial charge on any atom is -0.378 e. The quantitative estimate of drug-likeness (QED) is 0.827. The molecule has 0 aromatic carbocycles. The standard InChI is InChI=1S/C15H22N6O/c1-20-11-18-19-15(20)7-12-3-5-21(6-4-12)14-8-13(9-22-2)16-10-17-14/h8,10-12H,3-7,9H2,1-2H3. The van der Waals surface area contributed by atoms with E-state index >= 15 is 0 Å². The molecule has 0 unspecified atom stereocenters. The Morgan fingerprint density at radius 3 is 2.77 bits per heavy atom. The van der Waals surface area contributed by atoms with Crippen LogP contribution in [-0.2, 0) is 24.8 Å². The molecule has 1 saturated heterocycles. The van der Waals surface area contributed by atoms with Crippen LogP contribution in [0.1, 0.15) is 24.4 Å². The minimum absolute atomic E-state index is 0.526. The van der Waals surface area contributed by atoms with Gasteiger partial charge in [0.2, 0.25) is 0 Å². The van der Waals surface area contributed by atoms with Gasteiger partial charge in [-0.1, -0.05) is 0 Å². The van der Waals surface area contributed by atoms with Crippen LogP contribution in [0.5, 0.6) is 0 Å². The lowest BCUT2D eigenvalue weighted by atomic mass is 9.93. The van der Waals surface area contributed by atoms with Crippen LogP contribution >= 0.6 is 0 Å². The van der Waals surface area contributed by atoms with E-state index in [0.29, 0.717) is 12.5 Å². The second-order valence-electron chi connectivity index (χ2n) is 5.79. The van der Waals surface area contributed by atoms with Crippen molar-refractivity contribution in [2.45, 2.75) is 25.9 Å². The second-order valence-corrected chi connectivity index (χ2v) is 5.79. The summed E-state index contributed by atoms with van der Waals surface area (Å²) in [7, 11) is 3.68. The summed E-state index contributed by atoms with van der Waals surface area (Å²) in [5, 5.41) is 8.13. The fourth-order valence-corrected chi connectivity index (χ4v) is 2.90. The summed E-state index contributed by atoms with van der Waals surface area (Å²) >= 11 is 0. The predicted molar refractivity (Wildman–Crippen MR) is 82.4 cm³/mol. The van der Waals surface area contributed by atoms with Crippen molar-refractivity contribution < 1.29 is 4.74 Å². The molecule has 0 radical (unpaired) electrons. The van der Waals surface area contributed by atoms with Crippen molar-refractivity contribution in [3.05, 3.63) is 30.2 Å². The molecule has 7 heteroatoms. The first kappa shape index (κ1) is 14.9. The topological polar surface area (TPSA) is 69.0 Å². The molecule has 3 rings (SSSR count). The Morgan fingerprint density at radius 2 is 2.09 bits per heavy atom. The van der Waals surface area contributed by atoms with Gasteiger partial charge < -0.3 is 14.2 Å². The molecule has 0 N–H and O–H groups in total. The maximum atomic E-state index is 5.13. The summed E-state index contributed by atoms with van der Waals surface area (Å²) in [5.41, 5.74) is 0.925. The van der Waals surface area contributed by atoms with E-state index in [-0.39, 0.29) is 0 Å². The van der Waals surface area contributed by atoms with Crippen molar-refractivity contribution in [2.75, 3.05) is 25.1 Å². The molecule has 118 valence electrons. The number of hydrogen-bond donors (Lipinski definition) is 0.